The number of hydrogen-bond donors (Lipinski definition) is 1. The molecule has 1 aromatic heterocycles. The van der Waals surface area contributed by atoms with Crippen LogP contribution in [0.1, 0.15) is 46.5 Å². The Morgan fingerprint density at radius 2 is 1.77 bits per heavy atom. The van der Waals surface area contributed by atoms with Gasteiger partial charge in [0.05, 0.1) is 13.2 Å². The lowest BCUT2D eigenvalue weighted by atomic mass is 9.97. The zero-order valence-corrected chi connectivity index (χ0v) is 17.3. The lowest BCUT2D eigenvalue weighted by Gasteiger charge is -2.30. The molecule has 160 valence electrons. The monoisotopic (exact) mass is 412 g/mol. The summed E-state index contributed by atoms with van der Waals surface area (Å²) < 4.78 is 11.2. The number of benzene rings is 1. The Morgan fingerprint density at radius 1 is 1.07 bits per heavy atom. The third kappa shape index (κ3) is 4.64. The molecule has 1 aromatic carbocycles. The molecule has 2 aromatic rings. The van der Waals surface area contributed by atoms with Crippen molar-refractivity contribution in [1.82, 2.24) is 20.1 Å². The van der Waals surface area contributed by atoms with Gasteiger partial charge in [-0.1, -0.05) is 30.3 Å². The zero-order chi connectivity index (χ0) is 20.9. The van der Waals surface area contributed by atoms with E-state index in [0.29, 0.717) is 63.3 Å². The summed E-state index contributed by atoms with van der Waals surface area (Å²) in [5, 5.41) is 2.98. The van der Waals surface area contributed by atoms with Gasteiger partial charge in [-0.2, -0.15) is 0 Å². The fourth-order valence-corrected chi connectivity index (χ4v) is 3.92. The van der Waals surface area contributed by atoms with E-state index in [1.807, 2.05) is 35.2 Å². The minimum atomic E-state index is -0.0940. The van der Waals surface area contributed by atoms with Crippen LogP contribution in [-0.2, 0) is 11.3 Å². The predicted octanol–water partition coefficient (Wildman–Crippen LogP) is 2.54. The summed E-state index contributed by atoms with van der Waals surface area (Å²) >= 11 is 0. The van der Waals surface area contributed by atoms with Gasteiger partial charge in [-0.05, 0) is 25.3 Å². The molecule has 0 saturated carbocycles. The van der Waals surface area contributed by atoms with Crippen molar-refractivity contribution in [3.8, 4) is 0 Å². The highest BCUT2D eigenvalue weighted by Crippen LogP contribution is 2.29. The Hall–Kier alpha value is -2.87. The number of nitrogens with one attached hydrogen (secondary N) is 1. The molecule has 2 aliphatic rings. The molecule has 8 heteroatoms. The van der Waals surface area contributed by atoms with Gasteiger partial charge >= 0.3 is 6.03 Å². The van der Waals surface area contributed by atoms with Crippen LogP contribution in [0.5, 0.6) is 0 Å². The molecule has 3 heterocycles. The number of piperidine rings is 1. The molecular weight excluding hydrogens is 384 g/mol. The highest BCUT2D eigenvalue weighted by molar-refractivity contribution is 5.93. The number of carbonyl (C=O) groups is 2. The van der Waals surface area contributed by atoms with Crippen molar-refractivity contribution in [3.05, 3.63) is 53.2 Å². The van der Waals surface area contributed by atoms with Crippen molar-refractivity contribution >= 4 is 11.9 Å². The van der Waals surface area contributed by atoms with E-state index in [4.69, 9.17) is 9.15 Å². The number of aryl methyl sites for hydroxylation is 1. The Bertz CT molecular complexity index is 869. The second kappa shape index (κ2) is 9.30. The molecule has 0 unspecified atom stereocenters. The number of aromatic nitrogens is 1. The van der Waals surface area contributed by atoms with Crippen LogP contribution in [-0.4, -0.2) is 66.1 Å². The van der Waals surface area contributed by atoms with Crippen LogP contribution in [0.15, 0.2) is 34.7 Å². The van der Waals surface area contributed by atoms with Crippen molar-refractivity contribution in [1.29, 1.82) is 0 Å². The second-order valence-electron chi connectivity index (χ2n) is 7.77. The maximum absolute atomic E-state index is 12.7. The van der Waals surface area contributed by atoms with Crippen molar-refractivity contribution in [2.75, 3.05) is 39.4 Å². The van der Waals surface area contributed by atoms with Gasteiger partial charge in [-0.25, -0.2) is 9.78 Å². The first-order valence-electron chi connectivity index (χ1n) is 10.5. The van der Waals surface area contributed by atoms with Crippen LogP contribution < -0.4 is 5.32 Å². The van der Waals surface area contributed by atoms with Crippen molar-refractivity contribution < 1.29 is 18.7 Å². The molecular formula is C22H28N4O4. The number of morpholine rings is 1. The largest absolute Gasteiger partial charge is 0.445 e. The van der Waals surface area contributed by atoms with E-state index in [1.165, 1.54) is 0 Å². The number of urea groups is 1. The first-order chi connectivity index (χ1) is 14.6. The third-order valence-electron chi connectivity index (χ3n) is 5.73. The lowest BCUT2D eigenvalue weighted by Crippen LogP contribution is -2.43. The number of hydrogen-bond acceptors (Lipinski definition) is 5. The lowest BCUT2D eigenvalue weighted by molar-refractivity contribution is 0.0298. The molecule has 0 radical (unpaired) electrons. The summed E-state index contributed by atoms with van der Waals surface area (Å²) in [5.41, 5.74) is 1.48. The summed E-state index contributed by atoms with van der Waals surface area (Å²) in [6, 6.07) is 9.82. The standard InChI is InChI=1S/C22H28N4O4/c1-16-19(21(27)25-11-13-29-14-12-25)24-20(30-16)18-7-9-26(10-8-18)22(28)23-15-17-5-3-2-4-6-17/h2-6,18H,7-15H2,1H3,(H,23,28). The summed E-state index contributed by atoms with van der Waals surface area (Å²) in [6.07, 6.45) is 1.54. The number of ether oxygens (including phenoxy) is 1. The van der Waals surface area contributed by atoms with E-state index in [-0.39, 0.29) is 17.9 Å². The maximum atomic E-state index is 12.7. The minimum absolute atomic E-state index is 0.0518. The van der Waals surface area contributed by atoms with Gasteiger partial charge in [0.1, 0.15) is 5.76 Å². The third-order valence-corrected chi connectivity index (χ3v) is 5.73. The molecule has 3 amide bonds. The van der Waals surface area contributed by atoms with Gasteiger partial charge in [0, 0.05) is 38.6 Å². The van der Waals surface area contributed by atoms with Crippen LogP contribution >= 0.6 is 0 Å². The summed E-state index contributed by atoms with van der Waals surface area (Å²) in [4.78, 5) is 33.3. The molecule has 4 rings (SSSR count). The van der Waals surface area contributed by atoms with Crippen LogP contribution in [0.25, 0.3) is 0 Å². The number of carbonyl (C=O) groups excluding carboxylic acids is 2. The van der Waals surface area contributed by atoms with Crippen molar-refractivity contribution in [2.24, 2.45) is 0 Å². The van der Waals surface area contributed by atoms with Gasteiger partial charge in [0.2, 0.25) is 0 Å². The molecule has 2 saturated heterocycles. The van der Waals surface area contributed by atoms with E-state index in [0.717, 1.165) is 18.4 Å². The van der Waals surface area contributed by atoms with E-state index in [1.54, 1.807) is 11.8 Å². The molecule has 0 bridgehead atoms. The van der Waals surface area contributed by atoms with Crippen LogP contribution in [0.4, 0.5) is 4.79 Å². The van der Waals surface area contributed by atoms with E-state index >= 15 is 0 Å². The number of nitrogens with zero attached hydrogens (tertiary/aromatic N) is 3. The van der Waals surface area contributed by atoms with E-state index < -0.39 is 0 Å². The number of amides is 3. The fourth-order valence-electron chi connectivity index (χ4n) is 3.92. The topological polar surface area (TPSA) is 87.9 Å². The smallest absolute Gasteiger partial charge is 0.317 e. The average molecular weight is 412 g/mol. The van der Waals surface area contributed by atoms with Gasteiger partial charge in [0.15, 0.2) is 11.6 Å². The molecule has 1 N–H and O–H groups in total. The Morgan fingerprint density at radius 3 is 2.47 bits per heavy atom. The van der Waals surface area contributed by atoms with Gasteiger partial charge in [-0.15, -0.1) is 0 Å². The highest BCUT2D eigenvalue weighted by atomic mass is 16.5. The molecule has 30 heavy (non-hydrogen) atoms. The number of rotatable bonds is 4. The molecule has 2 aliphatic heterocycles. The minimum Gasteiger partial charge on any atom is -0.445 e. The predicted molar refractivity (Wildman–Crippen MR) is 110 cm³/mol. The zero-order valence-electron chi connectivity index (χ0n) is 17.3. The fraction of sp³-hybridized carbons (Fsp3) is 0.500. The molecule has 0 atom stereocenters. The van der Waals surface area contributed by atoms with E-state index in [9.17, 15) is 9.59 Å². The Labute approximate surface area is 176 Å². The first-order valence-corrected chi connectivity index (χ1v) is 10.5. The molecule has 8 nitrogen and oxygen atoms in total. The van der Waals surface area contributed by atoms with Gasteiger partial charge in [-0.3, -0.25) is 4.79 Å². The van der Waals surface area contributed by atoms with Crippen LogP contribution in [0.2, 0.25) is 0 Å². The summed E-state index contributed by atoms with van der Waals surface area (Å²) in [5.74, 6) is 1.19. The van der Waals surface area contributed by atoms with Gasteiger partial charge in [0.25, 0.3) is 5.91 Å². The van der Waals surface area contributed by atoms with Crippen molar-refractivity contribution in [2.45, 2.75) is 32.2 Å². The SMILES string of the molecule is Cc1oc(C2CCN(C(=O)NCc3ccccc3)CC2)nc1C(=O)N1CCOCC1. The Kier molecular flexibility index (Phi) is 6.32. The highest BCUT2D eigenvalue weighted by Gasteiger charge is 2.30. The summed E-state index contributed by atoms with van der Waals surface area (Å²) in [6.45, 7) is 5.86. The van der Waals surface area contributed by atoms with Gasteiger partial charge < -0.3 is 24.3 Å². The second-order valence-corrected chi connectivity index (χ2v) is 7.77. The molecule has 2 fully saturated rings. The first kappa shape index (κ1) is 20.4. The number of oxazole rings is 1. The van der Waals surface area contributed by atoms with E-state index in [2.05, 4.69) is 10.3 Å². The molecule has 0 spiro atoms. The maximum Gasteiger partial charge on any atom is 0.317 e. The Balaban J connectivity index is 1.30. The van der Waals surface area contributed by atoms with Crippen LogP contribution in [0, 0.1) is 6.92 Å². The normalized spacial score (nSPS) is 17.8. The molecule has 0 aliphatic carbocycles. The summed E-state index contributed by atoms with van der Waals surface area (Å²) in [7, 11) is 0. The van der Waals surface area contributed by atoms with Crippen molar-refractivity contribution in [3.63, 3.8) is 0 Å². The quantitative estimate of drug-likeness (QED) is 0.834. The van der Waals surface area contributed by atoms with Crippen LogP contribution in [0.3, 0.4) is 0 Å². The average Bonchev–Trinajstić information content (AvgIpc) is 3.20. The number of likely N-dealkylation sites (tertiary alicyclic amines) is 1.